The van der Waals surface area contributed by atoms with Crippen LogP contribution in [0.5, 0.6) is 0 Å². The molecule has 0 bridgehead atoms. The lowest BCUT2D eigenvalue weighted by atomic mass is 9.96. The molecule has 2 aliphatic rings. The van der Waals surface area contributed by atoms with Crippen molar-refractivity contribution in [2.75, 3.05) is 44.7 Å². The fourth-order valence-electron chi connectivity index (χ4n) is 3.96. The highest BCUT2D eigenvalue weighted by Gasteiger charge is 2.28. The van der Waals surface area contributed by atoms with Crippen molar-refractivity contribution in [3.8, 4) is 0 Å². The number of carbonyl (C=O) groups is 2. The van der Waals surface area contributed by atoms with E-state index >= 15 is 0 Å². The first-order valence-electron chi connectivity index (χ1n) is 10.3. The van der Waals surface area contributed by atoms with Gasteiger partial charge in [0.05, 0.1) is 5.56 Å². The van der Waals surface area contributed by atoms with Gasteiger partial charge in [-0.25, -0.2) is 4.98 Å². The number of piperidine rings is 1. The maximum atomic E-state index is 12.8. The van der Waals surface area contributed by atoms with Crippen molar-refractivity contribution in [1.29, 1.82) is 0 Å². The van der Waals surface area contributed by atoms with E-state index in [1.807, 2.05) is 29.0 Å². The molecule has 6 nitrogen and oxygen atoms in total. The predicted molar refractivity (Wildman–Crippen MR) is 107 cm³/mol. The largest absolute Gasteiger partial charge is 0.360 e. The molecule has 1 aromatic heterocycles. The van der Waals surface area contributed by atoms with Gasteiger partial charge in [0.25, 0.3) is 5.91 Å². The van der Waals surface area contributed by atoms with Crippen molar-refractivity contribution >= 4 is 17.6 Å². The molecule has 0 aliphatic carbocycles. The molecule has 0 aromatic carbocycles. The number of unbranched alkanes of at least 4 members (excludes halogenated alkanes) is 1. The van der Waals surface area contributed by atoms with Gasteiger partial charge in [-0.2, -0.15) is 0 Å². The van der Waals surface area contributed by atoms with Gasteiger partial charge in [-0.3, -0.25) is 9.59 Å². The summed E-state index contributed by atoms with van der Waals surface area (Å²) in [4.78, 5) is 35.1. The molecule has 6 heteroatoms. The summed E-state index contributed by atoms with van der Waals surface area (Å²) >= 11 is 0. The summed E-state index contributed by atoms with van der Waals surface area (Å²) in [6.45, 7) is 6.45. The second-order valence-corrected chi connectivity index (χ2v) is 7.86. The highest BCUT2D eigenvalue weighted by atomic mass is 16.2. The first kappa shape index (κ1) is 19.6. The summed E-state index contributed by atoms with van der Waals surface area (Å²) in [5, 5.41) is 0. The zero-order chi connectivity index (χ0) is 19.2. The van der Waals surface area contributed by atoms with E-state index in [0.717, 1.165) is 70.6 Å². The second-order valence-electron chi connectivity index (χ2n) is 7.86. The normalized spacial score (nSPS) is 18.2. The Morgan fingerprint density at radius 1 is 1.26 bits per heavy atom. The smallest absolute Gasteiger partial charge is 0.255 e. The Balaban J connectivity index is 1.49. The molecule has 27 heavy (non-hydrogen) atoms. The first-order chi connectivity index (χ1) is 13.1. The van der Waals surface area contributed by atoms with Crippen molar-refractivity contribution in [2.24, 2.45) is 5.92 Å². The Kier molecular flexibility index (Phi) is 6.69. The molecule has 0 saturated carbocycles. The minimum Gasteiger partial charge on any atom is -0.360 e. The number of amides is 2. The van der Waals surface area contributed by atoms with Crippen molar-refractivity contribution in [3.63, 3.8) is 0 Å². The van der Waals surface area contributed by atoms with E-state index in [4.69, 9.17) is 0 Å². The lowest BCUT2D eigenvalue weighted by Gasteiger charge is -2.34. The Morgan fingerprint density at radius 3 is 2.63 bits per heavy atom. The van der Waals surface area contributed by atoms with Crippen LogP contribution in [-0.2, 0) is 4.79 Å². The number of aromatic nitrogens is 1. The summed E-state index contributed by atoms with van der Waals surface area (Å²) in [7, 11) is 2.04. The topological polar surface area (TPSA) is 56.8 Å². The summed E-state index contributed by atoms with van der Waals surface area (Å²) in [6, 6.07) is 3.83. The highest BCUT2D eigenvalue weighted by Crippen LogP contribution is 2.22. The van der Waals surface area contributed by atoms with Crippen LogP contribution in [0, 0.1) is 5.92 Å². The third-order valence-electron chi connectivity index (χ3n) is 5.78. The van der Waals surface area contributed by atoms with Crippen LogP contribution < -0.4 is 4.90 Å². The first-order valence-corrected chi connectivity index (χ1v) is 10.3. The molecule has 0 spiro atoms. The van der Waals surface area contributed by atoms with Gasteiger partial charge in [-0.05, 0) is 43.7 Å². The second kappa shape index (κ2) is 9.20. The van der Waals surface area contributed by atoms with Crippen molar-refractivity contribution < 1.29 is 9.59 Å². The van der Waals surface area contributed by atoms with Gasteiger partial charge in [0, 0.05) is 52.4 Å². The van der Waals surface area contributed by atoms with E-state index in [0.29, 0.717) is 23.8 Å². The zero-order valence-corrected chi connectivity index (χ0v) is 16.7. The van der Waals surface area contributed by atoms with Gasteiger partial charge in [-0.15, -0.1) is 0 Å². The van der Waals surface area contributed by atoms with Crippen LogP contribution >= 0.6 is 0 Å². The molecule has 0 unspecified atom stereocenters. The number of rotatable bonds is 7. The molecule has 2 saturated heterocycles. The van der Waals surface area contributed by atoms with Gasteiger partial charge < -0.3 is 14.7 Å². The standard InChI is InChI=1S/C21H32N4O2/c1-3-4-11-23(2)19-8-7-18(15-22-19)21(27)24-13-9-17(10-14-24)16-25-12-5-6-20(25)26/h7-8,15,17H,3-6,9-14,16H2,1-2H3. The fourth-order valence-corrected chi connectivity index (χ4v) is 3.96. The molecule has 0 atom stereocenters. The van der Waals surface area contributed by atoms with E-state index < -0.39 is 0 Å². The molecule has 3 heterocycles. The van der Waals surface area contributed by atoms with E-state index in [2.05, 4.69) is 16.8 Å². The maximum absolute atomic E-state index is 12.8. The van der Waals surface area contributed by atoms with Crippen LogP contribution in [0.4, 0.5) is 5.82 Å². The summed E-state index contributed by atoms with van der Waals surface area (Å²) < 4.78 is 0. The van der Waals surface area contributed by atoms with Crippen LogP contribution in [0.3, 0.4) is 0 Å². The Labute approximate surface area is 162 Å². The number of likely N-dealkylation sites (tertiary alicyclic amines) is 2. The number of pyridine rings is 1. The third-order valence-corrected chi connectivity index (χ3v) is 5.78. The highest BCUT2D eigenvalue weighted by molar-refractivity contribution is 5.94. The minimum atomic E-state index is 0.0703. The SMILES string of the molecule is CCCCN(C)c1ccc(C(=O)N2CCC(CN3CCCC3=O)CC2)cn1. The van der Waals surface area contributed by atoms with Crippen molar-refractivity contribution in [3.05, 3.63) is 23.9 Å². The van der Waals surface area contributed by atoms with Crippen molar-refractivity contribution in [2.45, 2.75) is 45.4 Å². The molecule has 1 aromatic rings. The molecule has 148 valence electrons. The fraction of sp³-hybridized carbons (Fsp3) is 0.667. The zero-order valence-electron chi connectivity index (χ0n) is 16.7. The molecule has 0 radical (unpaired) electrons. The molecule has 3 rings (SSSR count). The van der Waals surface area contributed by atoms with Crippen LogP contribution in [0.1, 0.15) is 55.8 Å². The van der Waals surface area contributed by atoms with E-state index in [1.165, 1.54) is 0 Å². The number of hydrogen-bond donors (Lipinski definition) is 0. The average Bonchev–Trinajstić information content (AvgIpc) is 3.11. The number of anilines is 1. The van der Waals surface area contributed by atoms with Gasteiger partial charge in [-0.1, -0.05) is 13.3 Å². The van der Waals surface area contributed by atoms with Gasteiger partial charge >= 0.3 is 0 Å². The van der Waals surface area contributed by atoms with Gasteiger partial charge in [0.2, 0.25) is 5.91 Å². The molecule has 2 aliphatic heterocycles. The van der Waals surface area contributed by atoms with Crippen LogP contribution in [0.15, 0.2) is 18.3 Å². The molecule has 2 amide bonds. The van der Waals surface area contributed by atoms with E-state index in [-0.39, 0.29) is 5.91 Å². The predicted octanol–water partition coefficient (Wildman–Crippen LogP) is 2.79. The quantitative estimate of drug-likeness (QED) is 0.738. The molecule has 0 N–H and O–H groups in total. The van der Waals surface area contributed by atoms with Crippen LogP contribution in [-0.4, -0.2) is 66.4 Å². The van der Waals surface area contributed by atoms with Gasteiger partial charge in [0.1, 0.15) is 5.82 Å². The monoisotopic (exact) mass is 372 g/mol. The van der Waals surface area contributed by atoms with Gasteiger partial charge in [0.15, 0.2) is 0 Å². The summed E-state index contributed by atoms with van der Waals surface area (Å²) in [5.41, 5.74) is 0.663. The van der Waals surface area contributed by atoms with E-state index in [9.17, 15) is 9.59 Å². The molecule has 2 fully saturated rings. The summed E-state index contributed by atoms with van der Waals surface area (Å²) in [6.07, 6.45) is 7.64. The number of hydrogen-bond acceptors (Lipinski definition) is 4. The Morgan fingerprint density at radius 2 is 2.04 bits per heavy atom. The third kappa shape index (κ3) is 4.99. The lowest BCUT2D eigenvalue weighted by Crippen LogP contribution is -2.41. The summed E-state index contributed by atoms with van der Waals surface area (Å²) in [5.74, 6) is 1.79. The molecular formula is C21H32N4O2. The van der Waals surface area contributed by atoms with E-state index in [1.54, 1.807) is 6.20 Å². The average molecular weight is 373 g/mol. The maximum Gasteiger partial charge on any atom is 0.255 e. The lowest BCUT2D eigenvalue weighted by molar-refractivity contribution is -0.128. The Bertz CT molecular complexity index is 638. The minimum absolute atomic E-state index is 0.0703. The Hall–Kier alpha value is -2.11. The number of nitrogens with zero attached hydrogens (tertiary/aromatic N) is 4. The van der Waals surface area contributed by atoms with Crippen LogP contribution in [0.2, 0.25) is 0 Å². The van der Waals surface area contributed by atoms with Crippen LogP contribution in [0.25, 0.3) is 0 Å². The number of carbonyl (C=O) groups excluding carboxylic acids is 2. The molecular weight excluding hydrogens is 340 g/mol. The van der Waals surface area contributed by atoms with Crippen molar-refractivity contribution in [1.82, 2.24) is 14.8 Å².